The van der Waals surface area contributed by atoms with Crippen molar-refractivity contribution in [2.24, 2.45) is 0 Å². The van der Waals surface area contributed by atoms with Gasteiger partial charge in [-0.1, -0.05) is 0 Å². The average Bonchev–Trinajstić information content (AvgIpc) is 2.84. The molecule has 22 heavy (non-hydrogen) atoms. The lowest BCUT2D eigenvalue weighted by atomic mass is 10.4. The zero-order valence-corrected chi connectivity index (χ0v) is 12.8. The Morgan fingerprint density at radius 1 is 1.09 bits per heavy atom. The summed E-state index contributed by atoms with van der Waals surface area (Å²) in [6.07, 6.45) is 0. The highest BCUT2D eigenvalue weighted by molar-refractivity contribution is 5.76. The summed E-state index contributed by atoms with van der Waals surface area (Å²) in [5.74, 6) is -0.763. The van der Waals surface area contributed by atoms with Gasteiger partial charge in [0.05, 0.1) is 0 Å². The van der Waals surface area contributed by atoms with Crippen LogP contribution in [0.4, 0.5) is 5.95 Å². The van der Waals surface area contributed by atoms with Crippen molar-refractivity contribution in [3.05, 3.63) is 20.8 Å². The summed E-state index contributed by atoms with van der Waals surface area (Å²) in [5, 5.41) is 11.5. The summed E-state index contributed by atoms with van der Waals surface area (Å²) in [5.41, 5.74) is -0.242. The Labute approximate surface area is 125 Å². The first-order chi connectivity index (χ1) is 10.5. The quantitative estimate of drug-likeness (QED) is 0.772. The van der Waals surface area contributed by atoms with Gasteiger partial charge in [-0.05, 0) is 20.8 Å². The number of aromatic nitrogens is 4. The fraction of sp³-hybridized carbons (Fsp3) is 0.538. The van der Waals surface area contributed by atoms with Gasteiger partial charge in [-0.3, -0.25) is 18.7 Å². The number of carboxylic acid groups (broad SMARTS) is 1. The first kappa shape index (κ1) is 15.8. The number of imidazole rings is 1. The van der Waals surface area contributed by atoms with Crippen LogP contribution < -0.4 is 16.6 Å². The van der Waals surface area contributed by atoms with Gasteiger partial charge in [0, 0.05) is 19.6 Å². The Kier molecular flexibility index (Phi) is 4.34. The predicted molar refractivity (Wildman–Crippen MR) is 81.4 cm³/mol. The number of rotatable bonds is 6. The molecule has 2 aromatic heterocycles. The molecule has 0 amide bonds. The van der Waals surface area contributed by atoms with Crippen LogP contribution in [0.3, 0.4) is 0 Å². The molecule has 0 aliphatic carbocycles. The standard InChI is InChI=1S/C13H19N5O4/c1-4-16-9-10(15-12(16)14-7-8(19)20)17(5-2)13(22)18(6-3)11(9)21/h4-7H2,1-3H3,(H,14,15)(H,19,20). The summed E-state index contributed by atoms with van der Waals surface area (Å²) in [6, 6.07) is 0. The summed E-state index contributed by atoms with van der Waals surface area (Å²) >= 11 is 0. The van der Waals surface area contributed by atoms with E-state index in [1.165, 1.54) is 4.57 Å². The second kappa shape index (κ2) is 6.04. The monoisotopic (exact) mass is 309 g/mol. The molecule has 0 saturated heterocycles. The summed E-state index contributed by atoms with van der Waals surface area (Å²) < 4.78 is 4.16. The van der Waals surface area contributed by atoms with E-state index in [9.17, 15) is 14.4 Å². The molecule has 9 heteroatoms. The topological polar surface area (TPSA) is 111 Å². The van der Waals surface area contributed by atoms with Crippen LogP contribution in [0.25, 0.3) is 11.2 Å². The zero-order valence-electron chi connectivity index (χ0n) is 12.8. The van der Waals surface area contributed by atoms with Crippen molar-refractivity contribution in [2.45, 2.75) is 40.4 Å². The lowest BCUT2D eigenvalue weighted by Gasteiger charge is -2.09. The molecule has 0 atom stereocenters. The maximum absolute atomic E-state index is 12.5. The summed E-state index contributed by atoms with van der Waals surface area (Å²) in [7, 11) is 0. The number of hydrogen-bond acceptors (Lipinski definition) is 5. The third-order valence-electron chi connectivity index (χ3n) is 3.46. The van der Waals surface area contributed by atoms with E-state index in [0.717, 1.165) is 4.57 Å². The number of aryl methyl sites for hydroxylation is 2. The van der Waals surface area contributed by atoms with Crippen LogP contribution in [0.5, 0.6) is 0 Å². The van der Waals surface area contributed by atoms with Crippen molar-refractivity contribution >= 4 is 23.1 Å². The van der Waals surface area contributed by atoms with Crippen molar-refractivity contribution in [2.75, 3.05) is 11.9 Å². The van der Waals surface area contributed by atoms with E-state index < -0.39 is 17.2 Å². The Balaban J connectivity index is 2.83. The maximum atomic E-state index is 12.5. The van der Waals surface area contributed by atoms with Gasteiger partial charge in [0.2, 0.25) is 5.95 Å². The highest BCUT2D eigenvalue weighted by Crippen LogP contribution is 2.15. The molecule has 0 bridgehead atoms. The molecule has 9 nitrogen and oxygen atoms in total. The van der Waals surface area contributed by atoms with Gasteiger partial charge in [0.15, 0.2) is 11.2 Å². The highest BCUT2D eigenvalue weighted by Gasteiger charge is 2.19. The van der Waals surface area contributed by atoms with Gasteiger partial charge in [-0.15, -0.1) is 0 Å². The number of carboxylic acids is 1. The van der Waals surface area contributed by atoms with E-state index >= 15 is 0 Å². The highest BCUT2D eigenvalue weighted by atomic mass is 16.4. The minimum atomic E-state index is -1.03. The average molecular weight is 309 g/mol. The Hall–Kier alpha value is -2.58. The molecule has 2 rings (SSSR count). The Morgan fingerprint density at radius 2 is 1.68 bits per heavy atom. The number of nitrogens with zero attached hydrogens (tertiary/aromatic N) is 4. The fourth-order valence-corrected chi connectivity index (χ4v) is 2.45. The SMILES string of the molecule is CCn1c(=O)c2c(nc(NCC(=O)O)n2CC)n(CC)c1=O. The number of aliphatic carboxylic acids is 1. The van der Waals surface area contributed by atoms with E-state index in [4.69, 9.17) is 5.11 Å². The first-order valence-corrected chi connectivity index (χ1v) is 7.15. The third-order valence-corrected chi connectivity index (χ3v) is 3.46. The van der Waals surface area contributed by atoms with Gasteiger partial charge in [0.1, 0.15) is 6.54 Å². The molecule has 0 saturated carbocycles. The Bertz CT molecular complexity index is 830. The van der Waals surface area contributed by atoms with Crippen LogP contribution >= 0.6 is 0 Å². The van der Waals surface area contributed by atoms with Crippen LogP contribution in [0, 0.1) is 0 Å². The molecule has 2 heterocycles. The summed E-state index contributed by atoms with van der Waals surface area (Å²) in [4.78, 5) is 39.8. The molecule has 2 N–H and O–H groups in total. The van der Waals surface area contributed by atoms with Gasteiger partial charge < -0.3 is 15.0 Å². The lowest BCUT2D eigenvalue weighted by Crippen LogP contribution is -2.40. The number of anilines is 1. The fourth-order valence-electron chi connectivity index (χ4n) is 2.45. The Morgan fingerprint density at radius 3 is 2.18 bits per heavy atom. The van der Waals surface area contributed by atoms with Gasteiger partial charge in [-0.2, -0.15) is 4.98 Å². The number of hydrogen-bond donors (Lipinski definition) is 2. The van der Waals surface area contributed by atoms with Crippen molar-refractivity contribution in [3.63, 3.8) is 0 Å². The number of nitrogens with one attached hydrogen (secondary N) is 1. The molecule has 2 aromatic rings. The zero-order chi connectivity index (χ0) is 16.4. The van der Waals surface area contributed by atoms with E-state index in [0.29, 0.717) is 18.6 Å². The normalized spacial score (nSPS) is 11.0. The minimum absolute atomic E-state index is 0.264. The molecular weight excluding hydrogens is 290 g/mol. The smallest absolute Gasteiger partial charge is 0.332 e. The van der Waals surface area contributed by atoms with Crippen molar-refractivity contribution in [3.8, 4) is 0 Å². The lowest BCUT2D eigenvalue weighted by molar-refractivity contribution is -0.134. The van der Waals surface area contributed by atoms with Crippen LogP contribution in [0.2, 0.25) is 0 Å². The molecule has 0 unspecified atom stereocenters. The molecule has 0 fully saturated rings. The number of carbonyl (C=O) groups is 1. The molecule has 120 valence electrons. The van der Waals surface area contributed by atoms with Crippen LogP contribution in [-0.4, -0.2) is 36.3 Å². The second-order valence-corrected chi connectivity index (χ2v) is 4.68. The first-order valence-electron chi connectivity index (χ1n) is 7.15. The maximum Gasteiger partial charge on any atom is 0.332 e. The minimum Gasteiger partial charge on any atom is -0.480 e. The molecule has 0 radical (unpaired) electrons. The number of fused-ring (bicyclic) bond motifs is 1. The molecule has 0 spiro atoms. The van der Waals surface area contributed by atoms with Crippen molar-refractivity contribution in [1.29, 1.82) is 0 Å². The second-order valence-electron chi connectivity index (χ2n) is 4.68. The van der Waals surface area contributed by atoms with Gasteiger partial charge >= 0.3 is 11.7 Å². The molecule has 0 aliphatic rings. The molecule has 0 aliphatic heterocycles. The van der Waals surface area contributed by atoms with Gasteiger partial charge in [-0.25, -0.2) is 4.79 Å². The largest absolute Gasteiger partial charge is 0.480 e. The summed E-state index contributed by atoms with van der Waals surface area (Å²) in [6.45, 7) is 6.09. The van der Waals surface area contributed by atoms with E-state index in [2.05, 4.69) is 10.3 Å². The van der Waals surface area contributed by atoms with Crippen molar-refractivity contribution in [1.82, 2.24) is 18.7 Å². The van der Waals surface area contributed by atoms with E-state index in [-0.39, 0.29) is 24.7 Å². The predicted octanol–water partition coefficient (Wildman–Crippen LogP) is -0.0841. The van der Waals surface area contributed by atoms with Crippen molar-refractivity contribution < 1.29 is 9.90 Å². The molecular formula is C13H19N5O4. The van der Waals surface area contributed by atoms with Gasteiger partial charge in [0.25, 0.3) is 5.56 Å². The van der Waals surface area contributed by atoms with Crippen LogP contribution in [0.1, 0.15) is 20.8 Å². The molecule has 0 aromatic carbocycles. The van der Waals surface area contributed by atoms with Crippen LogP contribution in [0.15, 0.2) is 9.59 Å². The van der Waals surface area contributed by atoms with E-state index in [1.54, 1.807) is 18.4 Å². The van der Waals surface area contributed by atoms with Crippen LogP contribution in [-0.2, 0) is 24.4 Å². The third kappa shape index (κ3) is 2.38. The van der Waals surface area contributed by atoms with E-state index in [1.807, 2.05) is 6.92 Å².